The number of hydrogen-bond donors (Lipinski definition) is 2. The minimum absolute atomic E-state index is 0.0467. The second-order valence-electron chi connectivity index (χ2n) is 6.02. The number of hydrazine groups is 1. The van der Waals surface area contributed by atoms with E-state index in [1.807, 2.05) is 6.92 Å². The van der Waals surface area contributed by atoms with E-state index in [1.54, 1.807) is 22.7 Å². The Kier molecular flexibility index (Phi) is 4.85. The van der Waals surface area contributed by atoms with Crippen LogP contribution in [0.2, 0.25) is 0 Å². The predicted octanol–water partition coefficient (Wildman–Crippen LogP) is 0.806. The highest BCUT2D eigenvalue weighted by Gasteiger charge is 2.52. The third-order valence-electron chi connectivity index (χ3n) is 4.27. The van der Waals surface area contributed by atoms with Gasteiger partial charge in [0.25, 0.3) is 11.8 Å². The average molecular weight is 367 g/mol. The molecule has 0 aliphatic carbocycles. The normalized spacial score (nSPS) is 24.8. The maximum atomic E-state index is 13.4. The van der Waals surface area contributed by atoms with Crippen LogP contribution in [-0.2, 0) is 14.4 Å². The summed E-state index contributed by atoms with van der Waals surface area (Å²) < 4.78 is 18.4. The van der Waals surface area contributed by atoms with Gasteiger partial charge in [-0.25, -0.2) is 4.39 Å². The number of halogens is 1. The summed E-state index contributed by atoms with van der Waals surface area (Å²) >= 11 is 1.56. The monoisotopic (exact) mass is 367 g/mol. The van der Waals surface area contributed by atoms with Gasteiger partial charge in [-0.1, -0.05) is 12.1 Å². The number of thioether (sulfide) groups is 1. The fraction of sp³-hybridized carbons (Fsp3) is 0.438. The van der Waals surface area contributed by atoms with E-state index >= 15 is 0 Å². The molecule has 9 heteroatoms. The molecule has 0 saturated carbocycles. The molecule has 2 N–H and O–H groups in total. The summed E-state index contributed by atoms with van der Waals surface area (Å²) in [6.45, 7) is 1.50. The van der Waals surface area contributed by atoms with Crippen molar-refractivity contribution in [1.29, 1.82) is 0 Å². The second-order valence-corrected chi connectivity index (χ2v) is 7.52. The van der Waals surface area contributed by atoms with Crippen molar-refractivity contribution >= 4 is 29.5 Å². The van der Waals surface area contributed by atoms with Crippen molar-refractivity contribution in [2.24, 2.45) is 0 Å². The number of ether oxygens (including phenoxy) is 1. The van der Waals surface area contributed by atoms with Crippen molar-refractivity contribution in [1.82, 2.24) is 15.8 Å². The predicted molar refractivity (Wildman–Crippen MR) is 88.9 cm³/mol. The molecule has 25 heavy (non-hydrogen) atoms. The number of hydrogen-bond acceptors (Lipinski definition) is 5. The molecular weight excluding hydrogens is 349 g/mol. The molecule has 1 aromatic rings. The van der Waals surface area contributed by atoms with Gasteiger partial charge in [-0.3, -0.25) is 25.2 Å². The number of carbonyl (C=O) groups excluding carboxylic acids is 3. The molecule has 134 valence electrons. The fourth-order valence-electron chi connectivity index (χ4n) is 2.97. The van der Waals surface area contributed by atoms with Gasteiger partial charge in [0.2, 0.25) is 5.91 Å². The standard InChI is InChI=1S/C16H18FN3O4S/c1-16-7-6-14(22)20(16)11(9-25-16)15(23)19-18-13(21)8-24-12-5-3-2-4-10(12)17/h2-5,11H,6-9H2,1H3,(H,18,21)(H,19,23)/t11-,16+/m1/s1. The van der Waals surface area contributed by atoms with Crippen LogP contribution in [0.15, 0.2) is 24.3 Å². The number of nitrogens with zero attached hydrogens (tertiary/aromatic N) is 1. The summed E-state index contributed by atoms with van der Waals surface area (Å²) in [7, 11) is 0. The van der Waals surface area contributed by atoms with E-state index in [0.717, 1.165) is 0 Å². The lowest BCUT2D eigenvalue weighted by atomic mass is 10.2. The van der Waals surface area contributed by atoms with Gasteiger partial charge in [0.1, 0.15) is 6.04 Å². The summed E-state index contributed by atoms with van der Waals surface area (Å²) in [4.78, 5) is 37.3. The highest BCUT2D eigenvalue weighted by Crippen LogP contribution is 2.47. The lowest BCUT2D eigenvalue weighted by Gasteiger charge is -2.29. The third-order valence-corrected chi connectivity index (χ3v) is 5.77. The van der Waals surface area contributed by atoms with Gasteiger partial charge in [-0.15, -0.1) is 11.8 Å². The van der Waals surface area contributed by atoms with Crippen molar-refractivity contribution in [3.05, 3.63) is 30.1 Å². The lowest BCUT2D eigenvalue weighted by molar-refractivity contribution is -0.139. The van der Waals surface area contributed by atoms with Crippen molar-refractivity contribution in [2.75, 3.05) is 12.4 Å². The molecule has 0 aromatic heterocycles. The first-order valence-corrected chi connectivity index (χ1v) is 8.81. The van der Waals surface area contributed by atoms with Crippen LogP contribution in [0.3, 0.4) is 0 Å². The number of benzene rings is 1. The molecule has 2 aliphatic rings. The van der Waals surface area contributed by atoms with Crippen molar-refractivity contribution in [3.63, 3.8) is 0 Å². The number of carbonyl (C=O) groups is 3. The van der Waals surface area contributed by atoms with Crippen LogP contribution >= 0.6 is 11.8 Å². The Balaban J connectivity index is 1.48. The number of nitrogens with one attached hydrogen (secondary N) is 2. The molecule has 0 spiro atoms. The molecule has 2 fully saturated rings. The van der Waals surface area contributed by atoms with Crippen LogP contribution in [0.4, 0.5) is 4.39 Å². The topological polar surface area (TPSA) is 87.7 Å². The smallest absolute Gasteiger partial charge is 0.276 e. The second kappa shape index (κ2) is 6.91. The first-order chi connectivity index (χ1) is 11.9. The minimum Gasteiger partial charge on any atom is -0.481 e. The Hall–Kier alpha value is -2.29. The maximum Gasteiger partial charge on any atom is 0.276 e. The zero-order valence-corrected chi connectivity index (χ0v) is 14.4. The van der Waals surface area contributed by atoms with Gasteiger partial charge >= 0.3 is 0 Å². The Morgan fingerprint density at radius 1 is 1.40 bits per heavy atom. The quantitative estimate of drug-likeness (QED) is 0.769. The van der Waals surface area contributed by atoms with Crippen LogP contribution in [0.1, 0.15) is 19.8 Å². The zero-order chi connectivity index (χ0) is 18.0. The van der Waals surface area contributed by atoms with Crippen LogP contribution < -0.4 is 15.6 Å². The highest BCUT2D eigenvalue weighted by molar-refractivity contribution is 8.01. The molecule has 0 unspecified atom stereocenters. The summed E-state index contributed by atoms with van der Waals surface area (Å²) in [6, 6.07) is 5.10. The first-order valence-electron chi connectivity index (χ1n) is 7.83. The molecular formula is C16H18FN3O4S. The van der Waals surface area contributed by atoms with E-state index < -0.39 is 30.3 Å². The van der Waals surface area contributed by atoms with Gasteiger partial charge in [0, 0.05) is 12.2 Å². The third kappa shape index (κ3) is 3.55. The van der Waals surface area contributed by atoms with Crippen molar-refractivity contribution < 1.29 is 23.5 Å². The van der Waals surface area contributed by atoms with Gasteiger partial charge in [0.05, 0.1) is 4.87 Å². The molecule has 2 saturated heterocycles. The summed E-state index contributed by atoms with van der Waals surface area (Å²) in [5.74, 6) is -1.27. The lowest BCUT2D eigenvalue weighted by Crippen LogP contribution is -2.54. The van der Waals surface area contributed by atoms with Crippen LogP contribution in [0.5, 0.6) is 5.75 Å². The first kappa shape index (κ1) is 17.5. The molecule has 0 radical (unpaired) electrons. The van der Waals surface area contributed by atoms with E-state index in [0.29, 0.717) is 18.6 Å². The van der Waals surface area contributed by atoms with Gasteiger partial charge in [-0.05, 0) is 25.5 Å². The molecule has 2 atom stereocenters. The zero-order valence-electron chi connectivity index (χ0n) is 13.6. The Morgan fingerprint density at radius 2 is 2.16 bits per heavy atom. The van der Waals surface area contributed by atoms with Gasteiger partial charge < -0.3 is 9.64 Å². The Morgan fingerprint density at radius 3 is 2.92 bits per heavy atom. The molecule has 2 aliphatic heterocycles. The van der Waals surface area contributed by atoms with Crippen LogP contribution in [-0.4, -0.2) is 45.9 Å². The van der Waals surface area contributed by atoms with Crippen molar-refractivity contribution in [2.45, 2.75) is 30.7 Å². The number of para-hydroxylation sites is 1. The van der Waals surface area contributed by atoms with E-state index in [4.69, 9.17) is 4.74 Å². The number of amides is 3. The number of fused-ring (bicyclic) bond motifs is 1. The largest absolute Gasteiger partial charge is 0.481 e. The van der Waals surface area contributed by atoms with Crippen LogP contribution in [0, 0.1) is 5.82 Å². The molecule has 1 aromatic carbocycles. The fourth-order valence-corrected chi connectivity index (χ4v) is 4.40. The molecule has 3 rings (SSSR count). The van der Waals surface area contributed by atoms with E-state index in [-0.39, 0.29) is 16.5 Å². The average Bonchev–Trinajstić information content (AvgIpc) is 3.08. The van der Waals surface area contributed by atoms with Gasteiger partial charge in [-0.2, -0.15) is 0 Å². The maximum absolute atomic E-state index is 13.4. The highest BCUT2D eigenvalue weighted by atomic mass is 32.2. The summed E-state index contributed by atoms with van der Waals surface area (Å²) in [5.41, 5.74) is 4.53. The van der Waals surface area contributed by atoms with E-state index in [9.17, 15) is 18.8 Å². The van der Waals surface area contributed by atoms with E-state index in [2.05, 4.69) is 10.9 Å². The van der Waals surface area contributed by atoms with Gasteiger partial charge in [0.15, 0.2) is 18.2 Å². The summed E-state index contributed by atoms with van der Waals surface area (Å²) in [6.07, 6.45) is 1.14. The Labute approximate surface area is 148 Å². The molecule has 7 nitrogen and oxygen atoms in total. The molecule has 3 amide bonds. The SMILES string of the molecule is C[C@]12CCC(=O)N1[C@@H](C(=O)NNC(=O)COc1ccccc1F)CS2. The minimum atomic E-state index is -0.627. The van der Waals surface area contributed by atoms with Crippen molar-refractivity contribution in [3.8, 4) is 5.75 Å². The molecule has 2 heterocycles. The summed E-state index contributed by atoms with van der Waals surface area (Å²) in [5, 5.41) is 0. The molecule has 0 bridgehead atoms. The Bertz CT molecular complexity index is 716. The van der Waals surface area contributed by atoms with E-state index in [1.165, 1.54) is 18.2 Å². The van der Waals surface area contributed by atoms with Crippen LogP contribution in [0.25, 0.3) is 0 Å². The number of rotatable bonds is 4.